The average Bonchev–Trinajstić information content (AvgIpc) is 3.24. The van der Waals surface area contributed by atoms with Gasteiger partial charge in [-0.3, -0.25) is 9.98 Å². The summed E-state index contributed by atoms with van der Waals surface area (Å²) in [6.45, 7) is 6.57. The highest BCUT2D eigenvalue weighted by Gasteiger charge is 2.45. The third-order valence-corrected chi connectivity index (χ3v) is 6.06. The van der Waals surface area contributed by atoms with Crippen LogP contribution in [-0.2, 0) is 0 Å². The van der Waals surface area contributed by atoms with E-state index in [2.05, 4.69) is 39.4 Å². The van der Waals surface area contributed by atoms with Crippen LogP contribution in [0.5, 0.6) is 0 Å². The number of thiol groups is 1. The van der Waals surface area contributed by atoms with Crippen molar-refractivity contribution in [3.63, 3.8) is 0 Å². The lowest BCUT2D eigenvalue weighted by molar-refractivity contribution is 0.176. The van der Waals surface area contributed by atoms with Crippen LogP contribution in [0.2, 0.25) is 5.02 Å². The highest BCUT2D eigenvalue weighted by atomic mass is 35.5. The summed E-state index contributed by atoms with van der Waals surface area (Å²) in [7, 11) is 3.54. The Kier molecular flexibility index (Phi) is 15.4. The van der Waals surface area contributed by atoms with Crippen molar-refractivity contribution in [1.82, 2.24) is 15.8 Å². The predicted molar refractivity (Wildman–Crippen MR) is 162 cm³/mol. The predicted octanol–water partition coefficient (Wildman–Crippen LogP) is 6.34. The highest BCUT2D eigenvalue weighted by molar-refractivity contribution is 7.81. The Morgan fingerprint density at radius 2 is 2.08 bits per heavy atom. The molecule has 206 valence electrons. The van der Waals surface area contributed by atoms with E-state index in [0.29, 0.717) is 36.7 Å². The van der Waals surface area contributed by atoms with E-state index < -0.39 is 5.67 Å². The minimum Gasteiger partial charge on any atom is -0.329 e. The summed E-state index contributed by atoms with van der Waals surface area (Å²) in [5.41, 5.74) is 8.24. The molecule has 5 nitrogen and oxygen atoms in total. The van der Waals surface area contributed by atoms with Crippen molar-refractivity contribution < 1.29 is 8.78 Å². The van der Waals surface area contributed by atoms with E-state index >= 15 is 4.39 Å². The Morgan fingerprint density at radius 1 is 1.34 bits per heavy atom. The number of nitrogens with one attached hydrogen (secondary N) is 2. The van der Waals surface area contributed by atoms with Crippen LogP contribution in [0.25, 0.3) is 0 Å². The molecular formula is C29H38ClF2N5S. The lowest BCUT2D eigenvalue weighted by Crippen LogP contribution is -2.38. The number of alkyl halides is 1. The summed E-state index contributed by atoms with van der Waals surface area (Å²) < 4.78 is 27.8. The zero-order valence-corrected chi connectivity index (χ0v) is 24.4. The van der Waals surface area contributed by atoms with E-state index in [1.165, 1.54) is 12.1 Å². The first-order chi connectivity index (χ1) is 18.2. The summed E-state index contributed by atoms with van der Waals surface area (Å²) in [6, 6.07) is 5.82. The molecule has 2 aliphatic rings. The van der Waals surface area contributed by atoms with Gasteiger partial charge in [0.05, 0.1) is 18.8 Å². The molecule has 0 aliphatic carbocycles. The number of hydrogen-bond acceptors (Lipinski definition) is 6. The third-order valence-electron chi connectivity index (χ3n) is 5.54. The second kappa shape index (κ2) is 17.6. The van der Waals surface area contributed by atoms with E-state index in [-0.39, 0.29) is 5.82 Å². The molecule has 1 aromatic rings. The zero-order valence-electron chi connectivity index (χ0n) is 22.7. The third kappa shape index (κ3) is 10.5. The number of aliphatic imine (C=N–C) groups is 2. The fourth-order valence-corrected chi connectivity index (χ4v) is 4.37. The Labute approximate surface area is 236 Å². The average molecular weight is 562 g/mol. The maximum Gasteiger partial charge on any atom is 0.139 e. The van der Waals surface area contributed by atoms with Gasteiger partial charge in [-0.1, -0.05) is 41.8 Å². The smallest absolute Gasteiger partial charge is 0.139 e. The van der Waals surface area contributed by atoms with Crippen LogP contribution in [-0.4, -0.2) is 55.1 Å². The molecule has 0 amide bonds. The van der Waals surface area contributed by atoms with Crippen LogP contribution in [0.3, 0.4) is 0 Å². The Balaban J connectivity index is 0.000000454. The van der Waals surface area contributed by atoms with Crippen LogP contribution in [0.4, 0.5) is 8.78 Å². The van der Waals surface area contributed by atoms with Gasteiger partial charge in [0.1, 0.15) is 17.3 Å². The molecule has 0 spiro atoms. The number of amidine groups is 1. The summed E-state index contributed by atoms with van der Waals surface area (Å²) in [6.07, 6.45) is 14.8. The van der Waals surface area contributed by atoms with Gasteiger partial charge in [0.25, 0.3) is 0 Å². The van der Waals surface area contributed by atoms with Gasteiger partial charge in [0.15, 0.2) is 0 Å². The molecular weight excluding hydrogens is 524 g/mol. The Bertz CT molecular complexity index is 1120. The topological polar surface area (TPSA) is 52.0 Å². The van der Waals surface area contributed by atoms with E-state index in [9.17, 15) is 4.39 Å². The van der Waals surface area contributed by atoms with Gasteiger partial charge in [-0.2, -0.15) is 12.6 Å². The molecule has 0 bridgehead atoms. The SMILES string of the molecule is C#C/C=C\C.C/C=C\C(=NC)C1=C2CC(F)(C/C(=C/C)NNC)CN2C(CS)=NC1.Fc1cccc(Cl)c1. The zero-order chi connectivity index (χ0) is 28.6. The number of halogens is 3. The summed E-state index contributed by atoms with van der Waals surface area (Å²) >= 11 is 9.78. The second-order valence-electron chi connectivity index (χ2n) is 8.31. The van der Waals surface area contributed by atoms with Crippen molar-refractivity contribution in [2.75, 3.05) is 32.9 Å². The molecule has 0 aromatic heterocycles. The Hall–Kier alpha value is -2.86. The number of allylic oxidation sites excluding steroid dienone is 7. The molecule has 2 aliphatic heterocycles. The van der Waals surface area contributed by atoms with Crippen LogP contribution >= 0.6 is 24.2 Å². The maximum atomic E-state index is 15.7. The molecule has 9 heteroatoms. The first-order valence-electron chi connectivity index (χ1n) is 12.2. The molecule has 2 heterocycles. The molecule has 1 aromatic carbocycles. The highest BCUT2D eigenvalue weighted by Crippen LogP contribution is 2.41. The lowest BCUT2D eigenvalue weighted by Gasteiger charge is -2.28. The number of benzene rings is 1. The monoisotopic (exact) mass is 561 g/mol. The molecule has 1 unspecified atom stereocenters. The minimum atomic E-state index is -1.35. The fourth-order valence-electron chi connectivity index (χ4n) is 3.92. The molecule has 0 radical (unpaired) electrons. The number of hydrogen-bond donors (Lipinski definition) is 3. The normalized spacial score (nSPS) is 19.4. The van der Waals surface area contributed by atoms with Crippen LogP contribution in [0.1, 0.15) is 33.6 Å². The fraction of sp³-hybridized carbons (Fsp3) is 0.379. The van der Waals surface area contributed by atoms with Gasteiger partial charge in [-0.15, -0.1) is 6.42 Å². The van der Waals surface area contributed by atoms with Gasteiger partial charge < -0.3 is 10.3 Å². The van der Waals surface area contributed by atoms with Crippen molar-refractivity contribution in [2.24, 2.45) is 9.98 Å². The second-order valence-corrected chi connectivity index (χ2v) is 9.06. The number of nitrogens with zero attached hydrogens (tertiary/aromatic N) is 3. The van der Waals surface area contributed by atoms with E-state index in [1.807, 2.05) is 50.0 Å². The van der Waals surface area contributed by atoms with E-state index in [0.717, 1.165) is 28.5 Å². The van der Waals surface area contributed by atoms with Gasteiger partial charge in [0, 0.05) is 54.7 Å². The molecule has 1 atom stereocenters. The first kappa shape index (κ1) is 33.2. The molecule has 0 saturated carbocycles. The van der Waals surface area contributed by atoms with Crippen LogP contribution in [0.15, 0.2) is 81.6 Å². The largest absolute Gasteiger partial charge is 0.329 e. The van der Waals surface area contributed by atoms with Gasteiger partial charge in [0.2, 0.25) is 0 Å². The van der Waals surface area contributed by atoms with Crippen molar-refractivity contribution >= 4 is 35.8 Å². The number of terminal acetylenes is 1. The van der Waals surface area contributed by atoms with Crippen molar-refractivity contribution in [3.05, 3.63) is 82.5 Å². The first-order valence-corrected chi connectivity index (χ1v) is 13.2. The number of hydrazine groups is 1. The molecule has 1 saturated heterocycles. The standard InChI is InChI=1S/C18H28FN5S.C6H4ClF.C5H6/c1-5-7-15(20-3)14-10-22-17(11-25)24-12-18(19,9-16(14)24)8-13(6-2)23-21-4;7-5-2-1-3-6(8)4-5;1-3-5-4-2/h5-7,21,23,25H,8-12H2,1-4H3;1-4H;1,4-5H,2H3/b7-5-,13-6-,20-15?;;5-4-. The molecule has 1 fully saturated rings. The summed E-state index contributed by atoms with van der Waals surface area (Å²) in [4.78, 5) is 11.0. The number of fused-ring (bicyclic) bond motifs is 1. The van der Waals surface area contributed by atoms with Gasteiger partial charge >= 0.3 is 0 Å². The van der Waals surface area contributed by atoms with Crippen LogP contribution in [0, 0.1) is 18.2 Å². The van der Waals surface area contributed by atoms with Crippen molar-refractivity contribution in [3.8, 4) is 12.3 Å². The molecule has 2 N–H and O–H groups in total. The van der Waals surface area contributed by atoms with E-state index in [4.69, 9.17) is 18.0 Å². The maximum absolute atomic E-state index is 15.7. The van der Waals surface area contributed by atoms with Crippen molar-refractivity contribution in [2.45, 2.75) is 39.3 Å². The molecule has 3 rings (SSSR count). The quantitative estimate of drug-likeness (QED) is 0.158. The summed E-state index contributed by atoms with van der Waals surface area (Å²) in [5.74, 6) is 3.38. The van der Waals surface area contributed by atoms with E-state index in [1.54, 1.807) is 32.3 Å². The Morgan fingerprint density at radius 3 is 2.53 bits per heavy atom. The van der Waals surface area contributed by atoms with Crippen LogP contribution < -0.4 is 10.9 Å². The van der Waals surface area contributed by atoms with Gasteiger partial charge in [-0.05, 0) is 51.1 Å². The summed E-state index contributed by atoms with van der Waals surface area (Å²) in [5, 5.41) is 0.435. The molecule has 38 heavy (non-hydrogen) atoms. The van der Waals surface area contributed by atoms with Gasteiger partial charge in [-0.25, -0.2) is 14.2 Å². The minimum absolute atomic E-state index is 0.292. The number of rotatable bonds is 7. The van der Waals surface area contributed by atoms with Crippen molar-refractivity contribution in [1.29, 1.82) is 0 Å². The lowest BCUT2D eigenvalue weighted by atomic mass is 9.95.